The van der Waals surface area contributed by atoms with Crippen LogP contribution in [0.2, 0.25) is 0 Å². The molecule has 0 aromatic rings. The summed E-state index contributed by atoms with van der Waals surface area (Å²) in [4.78, 5) is 0. The molecule has 2 unspecified atom stereocenters. The van der Waals surface area contributed by atoms with Crippen molar-refractivity contribution in [2.75, 3.05) is 13.1 Å². The molecule has 0 aromatic heterocycles. The average molecular weight is 207 g/mol. The van der Waals surface area contributed by atoms with Crippen LogP contribution in [0, 0.1) is 23.7 Å². The Morgan fingerprint density at radius 1 is 1.13 bits per heavy atom. The molecule has 0 radical (unpaired) electrons. The molecular weight excluding hydrogens is 182 g/mol. The summed E-state index contributed by atoms with van der Waals surface area (Å²) < 4.78 is 0. The molecule has 1 fully saturated rings. The highest BCUT2D eigenvalue weighted by Gasteiger charge is 2.22. The van der Waals surface area contributed by atoms with Gasteiger partial charge in [-0.2, -0.15) is 0 Å². The SMILES string of the molecule is CC#CCC1CCCCCC1CNCC. The van der Waals surface area contributed by atoms with Crippen LogP contribution in [0.4, 0.5) is 0 Å². The molecule has 0 aromatic carbocycles. The van der Waals surface area contributed by atoms with Crippen LogP contribution in [0.3, 0.4) is 0 Å². The summed E-state index contributed by atoms with van der Waals surface area (Å²) in [5, 5.41) is 3.50. The van der Waals surface area contributed by atoms with Crippen molar-refractivity contribution < 1.29 is 0 Å². The van der Waals surface area contributed by atoms with Crippen LogP contribution in [0.15, 0.2) is 0 Å². The molecule has 1 heteroatoms. The minimum absolute atomic E-state index is 0.846. The first-order valence-electron chi connectivity index (χ1n) is 6.48. The summed E-state index contributed by atoms with van der Waals surface area (Å²) in [6.07, 6.45) is 8.18. The van der Waals surface area contributed by atoms with Gasteiger partial charge in [0, 0.05) is 6.42 Å². The Kier molecular flexibility index (Phi) is 6.52. The highest BCUT2D eigenvalue weighted by atomic mass is 14.8. The standard InChI is InChI=1S/C14H25N/c1-3-5-9-13-10-7-6-8-11-14(13)12-15-4-2/h13-15H,4,6-12H2,1-2H3. The van der Waals surface area contributed by atoms with Gasteiger partial charge in [-0.05, 0) is 44.7 Å². The first kappa shape index (κ1) is 12.6. The van der Waals surface area contributed by atoms with E-state index in [1.165, 1.54) is 38.6 Å². The van der Waals surface area contributed by atoms with Crippen molar-refractivity contribution in [3.05, 3.63) is 0 Å². The summed E-state index contributed by atoms with van der Waals surface area (Å²) in [5.74, 6) is 8.03. The molecule has 0 spiro atoms. The fourth-order valence-electron chi connectivity index (χ4n) is 2.56. The molecule has 0 heterocycles. The van der Waals surface area contributed by atoms with Gasteiger partial charge in [-0.1, -0.05) is 26.2 Å². The zero-order valence-corrected chi connectivity index (χ0v) is 10.3. The lowest BCUT2D eigenvalue weighted by atomic mass is 9.85. The Balaban J connectivity index is 2.45. The van der Waals surface area contributed by atoms with Crippen molar-refractivity contribution in [2.45, 2.75) is 52.4 Å². The maximum absolute atomic E-state index is 3.50. The van der Waals surface area contributed by atoms with Crippen LogP contribution < -0.4 is 5.32 Å². The van der Waals surface area contributed by atoms with Gasteiger partial charge in [0.05, 0.1) is 0 Å². The summed E-state index contributed by atoms with van der Waals surface area (Å²) in [5.41, 5.74) is 0. The van der Waals surface area contributed by atoms with Gasteiger partial charge in [0.25, 0.3) is 0 Å². The Labute approximate surface area is 95.0 Å². The largest absolute Gasteiger partial charge is 0.317 e. The maximum Gasteiger partial charge on any atom is 0.0120 e. The van der Waals surface area contributed by atoms with E-state index >= 15 is 0 Å². The molecule has 15 heavy (non-hydrogen) atoms. The topological polar surface area (TPSA) is 12.0 Å². The van der Waals surface area contributed by atoms with Crippen LogP contribution in [0.1, 0.15) is 52.4 Å². The first-order valence-corrected chi connectivity index (χ1v) is 6.48. The van der Waals surface area contributed by atoms with Crippen molar-refractivity contribution in [1.29, 1.82) is 0 Å². The van der Waals surface area contributed by atoms with Crippen molar-refractivity contribution in [2.24, 2.45) is 11.8 Å². The predicted octanol–water partition coefficient (Wildman–Crippen LogP) is 3.21. The monoisotopic (exact) mass is 207 g/mol. The van der Waals surface area contributed by atoms with Crippen LogP contribution in [0.5, 0.6) is 0 Å². The minimum Gasteiger partial charge on any atom is -0.317 e. The smallest absolute Gasteiger partial charge is 0.0120 e. The quantitative estimate of drug-likeness (QED) is 0.551. The predicted molar refractivity (Wildman–Crippen MR) is 66.7 cm³/mol. The van der Waals surface area contributed by atoms with Crippen LogP contribution >= 0.6 is 0 Å². The zero-order valence-electron chi connectivity index (χ0n) is 10.3. The van der Waals surface area contributed by atoms with E-state index in [1.807, 2.05) is 6.92 Å². The van der Waals surface area contributed by atoms with Crippen molar-refractivity contribution >= 4 is 0 Å². The Morgan fingerprint density at radius 2 is 1.87 bits per heavy atom. The summed E-state index contributed by atoms with van der Waals surface area (Å²) in [6.45, 7) is 6.45. The normalized spacial score (nSPS) is 26.5. The Hall–Kier alpha value is -0.480. The number of hydrogen-bond acceptors (Lipinski definition) is 1. The molecule has 1 aliphatic carbocycles. The van der Waals surface area contributed by atoms with E-state index in [-0.39, 0.29) is 0 Å². The van der Waals surface area contributed by atoms with Gasteiger partial charge in [0.2, 0.25) is 0 Å². The lowest BCUT2D eigenvalue weighted by Gasteiger charge is -2.23. The molecule has 2 atom stereocenters. The van der Waals surface area contributed by atoms with Gasteiger partial charge in [0.1, 0.15) is 0 Å². The summed E-state index contributed by atoms with van der Waals surface area (Å²) in [7, 11) is 0. The molecular formula is C14H25N. The number of nitrogens with one attached hydrogen (secondary N) is 1. The Morgan fingerprint density at radius 3 is 2.53 bits per heavy atom. The van der Waals surface area contributed by atoms with Gasteiger partial charge in [-0.25, -0.2) is 0 Å². The molecule has 0 saturated heterocycles. The van der Waals surface area contributed by atoms with E-state index in [2.05, 4.69) is 24.1 Å². The zero-order chi connectivity index (χ0) is 10.9. The highest BCUT2D eigenvalue weighted by molar-refractivity contribution is 4.97. The van der Waals surface area contributed by atoms with E-state index < -0.39 is 0 Å². The molecule has 86 valence electrons. The third-order valence-electron chi connectivity index (χ3n) is 3.51. The molecule has 1 rings (SSSR count). The average Bonchev–Trinajstić information content (AvgIpc) is 2.48. The van der Waals surface area contributed by atoms with E-state index in [0.29, 0.717) is 0 Å². The van der Waals surface area contributed by atoms with Crippen LogP contribution in [-0.2, 0) is 0 Å². The summed E-state index contributed by atoms with van der Waals surface area (Å²) >= 11 is 0. The number of hydrogen-bond donors (Lipinski definition) is 1. The summed E-state index contributed by atoms with van der Waals surface area (Å²) in [6, 6.07) is 0. The van der Waals surface area contributed by atoms with Crippen molar-refractivity contribution in [1.82, 2.24) is 5.32 Å². The van der Waals surface area contributed by atoms with Crippen LogP contribution in [0.25, 0.3) is 0 Å². The van der Waals surface area contributed by atoms with Crippen LogP contribution in [-0.4, -0.2) is 13.1 Å². The molecule has 1 nitrogen and oxygen atoms in total. The lowest BCUT2D eigenvalue weighted by Crippen LogP contribution is -2.27. The van der Waals surface area contributed by atoms with Crippen molar-refractivity contribution in [3.63, 3.8) is 0 Å². The van der Waals surface area contributed by atoms with Gasteiger partial charge in [0.15, 0.2) is 0 Å². The molecule has 0 bridgehead atoms. The molecule has 0 amide bonds. The fraction of sp³-hybridized carbons (Fsp3) is 0.857. The molecule has 1 N–H and O–H groups in total. The van der Waals surface area contributed by atoms with Gasteiger partial charge in [-0.3, -0.25) is 0 Å². The molecule has 1 saturated carbocycles. The second-order valence-corrected chi connectivity index (χ2v) is 4.60. The third-order valence-corrected chi connectivity index (χ3v) is 3.51. The second kappa shape index (κ2) is 7.77. The second-order valence-electron chi connectivity index (χ2n) is 4.60. The van der Waals surface area contributed by atoms with E-state index in [0.717, 1.165) is 24.8 Å². The molecule has 1 aliphatic rings. The minimum atomic E-state index is 0.846. The fourth-order valence-corrected chi connectivity index (χ4v) is 2.56. The third kappa shape index (κ3) is 4.71. The Bertz CT molecular complexity index is 211. The van der Waals surface area contributed by atoms with Gasteiger partial charge in [-0.15, -0.1) is 11.8 Å². The first-order chi connectivity index (χ1) is 7.38. The van der Waals surface area contributed by atoms with E-state index in [9.17, 15) is 0 Å². The van der Waals surface area contributed by atoms with Crippen molar-refractivity contribution in [3.8, 4) is 11.8 Å². The lowest BCUT2D eigenvalue weighted by molar-refractivity contribution is 0.307. The number of rotatable bonds is 4. The molecule has 0 aliphatic heterocycles. The van der Waals surface area contributed by atoms with Gasteiger partial charge >= 0.3 is 0 Å². The van der Waals surface area contributed by atoms with E-state index in [1.54, 1.807) is 0 Å². The maximum atomic E-state index is 3.50. The van der Waals surface area contributed by atoms with Gasteiger partial charge < -0.3 is 5.32 Å². The highest BCUT2D eigenvalue weighted by Crippen LogP contribution is 2.30. The van der Waals surface area contributed by atoms with E-state index in [4.69, 9.17) is 0 Å².